The molecule has 1 aromatic carbocycles. The molecule has 0 saturated carbocycles. The van der Waals surface area contributed by atoms with Crippen LogP contribution in [0.2, 0.25) is 0 Å². The molecule has 1 fully saturated rings. The molecule has 5 heteroatoms. The Balaban J connectivity index is 2.05. The maximum absolute atomic E-state index is 13.7. The molecule has 17 heavy (non-hydrogen) atoms. The Hall–Kier alpha value is -0.420. The highest BCUT2D eigenvalue weighted by atomic mass is 79.9. The normalized spacial score (nSPS) is 23.4. The quantitative estimate of drug-likeness (QED) is 0.790. The highest BCUT2D eigenvalue weighted by Crippen LogP contribution is 2.37. The average molecular weight is 317 g/mol. The van der Waals surface area contributed by atoms with E-state index in [1.807, 2.05) is 17.8 Å². The van der Waals surface area contributed by atoms with Crippen molar-refractivity contribution in [3.05, 3.63) is 22.4 Å². The van der Waals surface area contributed by atoms with Crippen LogP contribution >= 0.6 is 27.7 Å². The van der Waals surface area contributed by atoms with Crippen molar-refractivity contribution in [1.82, 2.24) is 0 Å². The Morgan fingerprint density at radius 3 is 3.24 bits per heavy atom. The first-order valence-electron chi connectivity index (χ1n) is 5.83. The third kappa shape index (κ3) is 2.15. The molecular weight excluding hydrogens is 303 g/mol. The fourth-order valence-electron chi connectivity index (χ4n) is 2.50. The lowest BCUT2D eigenvalue weighted by molar-refractivity contribution is 0.609. The Bertz CT molecular complexity index is 441. The number of halogens is 2. The van der Waals surface area contributed by atoms with Crippen LogP contribution in [0.4, 0.5) is 15.8 Å². The van der Waals surface area contributed by atoms with Crippen molar-refractivity contribution in [3.63, 3.8) is 0 Å². The molecule has 2 nitrogen and oxygen atoms in total. The van der Waals surface area contributed by atoms with E-state index in [-0.39, 0.29) is 5.82 Å². The van der Waals surface area contributed by atoms with Crippen LogP contribution in [-0.4, -0.2) is 30.6 Å². The molecule has 0 radical (unpaired) electrons. The summed E-state index contributed by atoms with van der Waals surface area (Å²) in [6.45, 7) is 1.98. The van der Waals surface area contributed by atoms with Crippen LogP contribution in [0, 0.1) is 5.82 Å². The van der Waals surface area contributed by atoms with Crippen LogP contribution in [0.1, 0.15) is 6.42 Å². The van der Waals surface area contributed by atoms with E-state index in [4.69, 9.17) is 0 Å². The van der Waals surface area contributed by atoms with Crippen LogP contribution < -0.4 is 10.2 Å². The summed E-state index contributed by atoms with van der Waals surface area (Å²) in [5.41, 5.74) is 2.07. The minimum Gasteiger partial charge on any atom is -0.383 e. The number of anilines is 2. The van der Waals surface area contributed by atoms with Gasteiger partial charge in [-0.3, -0.25) is 0 Å². The molecule has 1 unspecified atom stereocenters. The molecule has 0 spiro atoms. The van der Waals surface area contributed by atoms with Crippen molar-refractivity contribution in [2.75, 3.05) is 34.8 Å². The zero-order valence-corrected chi connectivity index (χ0v) is 11.8. The maximum atomic E-state index is 13.7. The van der Waals surface area contributed by atoms with Crippen LogP contribution in [0.5, 0.6) is 0 Å². The molecule has 0 aliphatic carbocycles. The highest BCUT2D eigenvalue weighted by molar-refractivity contribution is 9.10. The van der Waals surface area contributed by atoms with E-state index in [1.165, 1.54) is 0 Å². The first-order valence-corrected chi connectivity index (χ1v) is 7.78. The standard InChI is InChI=1S/C12H14BrFN2S/c13-9-5-11-12(6-10(9)14)16-3-4-17-7-8(16)1-2-15-11/h5-6,8,15H,1-4,7H2. The molecule has 0 aromatic heterocycles. The smallest absolute Gasteiger partial charge is 0.139 e. The van der Waals surface area contributed by atoms with Gasteiger partial charge in [0.25, 0.3) is 0 Å². The minimum absolute atomic E-state index is 0.176. The van der Waals surface area contributed by atoms with Gasteiger partial charge in [-0.15, -0.1) is 0 Å². The van der Waals surface area contributed by atoms with Gasteiger partial charge in [0.05, 0.1) is 15.8 Å². The largest absolute Gasteiger partial charge is 0.383 e. The Labute approximate surface area is 113 Å². The van der Waals surface area contributed by atoms with Gasteiger partial charge >= 0.3 is 0 Å². The highest BCUT2D eigenvalue weighted by Gasteiger charge is 2.27. The van der Waals surface area contributed by atoms with E-state index in [1.54, 1.807) is 6.07 Å². The molecule has 0 amide bonds. The molecule has 2 aliphatic rings. The van der Waals surface area contributed by atoms with Crippen LogP contribution in [0.3, 0.4) is 0 Å². The molecule has 1 N–H and O–H groups in total. The molecular formula is C12H14BrFN2S. The van der Waals surface area contributed by atoms with E-state index < -0.39 is 0 Å². The number of hydrogen-bond acceptors (Lipinski definition) is 3. The summed E-state index contributed by atoms with van der Waals surface area (Å²) in [5.74, 6) is 2.11. The second-order valence-corrected chi connectivity index (χ2v) is 6.43. The van der Waals surface area contributed by atoms with Crippen molar-refractivity contribution in [2.45, 2.75) is 12.5 Å². The second kappa shape index (κ2) is 4.69. The van der Waals surface area contributed by atoms with Gasteiger partial charge in [-0.1, -0.05) is 0 Å². The summed E-state index contributed by atoms with van der Waals surface area (Å²) in [6.07, 6.45) is 1.13. The SMILES string of the molecule is Fc1cc2c(cc1Br)NCCC1CSCCN21. The lowest BCUT2D eigenvalue weighted by atomic mass is 10.1. The summed E-state index contributed by atoms with van der Waals surface area (Å²) < 4.78 is 14.2. The predicted octanol–water partition coefficient (Wildman–Crippen LogP) is 3.33. The maximum Gasteiger partial charge on any atom is 0.139 e. The molecule has 3 rings (SSSR count). The van der Waals surface area contributed by atoms with Crippen LogP contribution in [0.25, 0.3) is 0 Å². The van der Waals surface area contributed by atoms with Crippen molar-refractivity contribution < 1.29 is 4.39 Å². The number of thioether (sulfide) groups is 1. The minimum atomic E-state index is -0.176. The summed E-state index contributed by atoms with van der Waals surface area (Å²) >= 11 is 5.25. The van der Waals surface area contributed by atoms with Gasteiger partial charge in [0.15, 0.2) is 0 Å². The van der Waals surface area contributed by atoms with Gasteiger partial charge in [-0.05, 0) is 28.4 Å². The number of hydrogen-bond donors (Lipinski definition) is 1. The van der Waals surface area contributed by atoms with Gasteiger partial charge in [-0.25, -0.2) is 4.39 Å². The van der Waals surface area contributed by atoms with E-state index in [9.17, 15) is 4.39 Å². The van der Waals surface area contributed by atoms with Crippen molar-refractivity contribution in [1.29, 1.82) is 0 Å². The molecule has 92 valence electrons. The van der Waals surface area contributed by atoms with E-state index in [0.717, 1.165) is 42.4 Å². The summed E-state index contributed by atoms with van der Waals surface area (Å²) in [4.78, 5) is 2.36. The van der Waals surface area contributed by atoms with Crippen LogP contribution in [-0.2, 0) is 0 Å². The van der Waals surface area contributed by atoms with Gasteiger partial charge in [0.2, 0.25) is 0 Å². The number of nitrogens with one attached hydrogen (secondary N) is 1. The molecule has 2 heterocycles. The van der Waals surface area contributed by atoms with Gasteiger partial charge in [-0.2, -0.15) is 11.8 Å². The third-order valence-electron chi connectivity index (χ3n) is 3.37. The fourth-order valence-corrected chi connectivity index (χ4v) is 3.95. The molecule has 1 atom stereocenters. The van der Waals surface area contributed by atoms with Crippen LogP contribution in [0.15, 0.2) is 16.6 Å². The molecule has 1 saturated heterocycles. The Kier molecular flexibility index (Phi) is 3.21. The fraction of sp³-hybridized carbons (Fsp3) is 0.500. The summed E-state index contributed by atoms with van der Waals surface area (Å²) in [5, 5.41) is 3.40. The van der Waals surface area contributed by atoms with Crippen molar-refractivity contribution >= 4 is 39.1 Å². The topological polar surface area (TPSA) is 15.3 Å². The number of rotatable bonds is 0. The number of benzene rings is 1. The molecule has 1 aromatic rings. The Morgan fingerprint density at radius 2 is 2.35 bits per heavy atom. The molecule has 0 bridgehead atoms. The lowest BCUT2D eigenvalue weighted by Gasteiger charge is -2.36. The molecule has 2 aliphatic heterocycles. The monoisotopic (exact) mass is 316 g/mol. The third-order valence-corrected chi connectivity index (χ3v) is 5.07. The Morgan fingerprint density at radius 1 is 1.47 bits per heavy atom. The summed E-state index contributed by atoms with van der Waals surface area (Å²) in [6, 6.07) is 4.05. The van der Waals surface area contributed by atoms with E-state index >= 15 is 0 Å². The van der Waals surface area contributed by atoms with Gasteiger partial charge < -0.3 is 10.2 Å². The van der Waals surface area contributed by atoms with Gasteiger partial charge in [0.1, 0.15) is 5.82 Å². The number of fused-ring (bicyclic) bond motifs is 3. The van der Waals surface area contributed by atoms with Crippen molar-refractivity contribution in [2.24, 2.45) is 0 Å². The zero-order chi connectivity index (χ0) is 11.8. The first kappa shape index (κ1) is 11.7. The van der Waals surface area contributed by atoms with Gasteiger partial charge in [0, 0.05) is 36.7 Å². The van der Waals surface area contributed by atoms with E-state index in [0.29, 0.717) is 10.5 Å². The predicted molar refractivity (Wildman–Crippen MR) is 75.7 cm³/mol. The average Bonchev–Trinajstić information content (AvgIpc) is 2.50. The van der Waals surface area contributed by atoms with E-state index in [2.05, 4.69) is 26.1 Å². The second-order valence-electron chi connectivity index (χ2n) is 4.42. The van der Waals surface area contributed by atoms with Crippen molar-refractivity contribution in [3.8, 4) is 0 Å². The summed E-state index contributed by atoms with van der Waals surface area (Å²) in [7, 11) is 0. The zero-order valence-electron chi connectivity index (χ0n) is 9.38. The number of nitrogens with zero attached hydrogens (tertiary/aromatic N) is 1. The lowest BCUT2D eigenvalue weighted by Crippen LogP contribution is -2.42. The first-order chi connectivity index (χ1) is 8.25.